The molecule has 2 saturated heterocycles. The molecule has 0 nitrogen and oxygen atoms in total. The van der Waals surface area contributed by atoms with Crippen LogP contribution in [0.4, 0.5) is 0 Å². The van der Waals surface area contributed by atoms with Gasteiger partial charge in [0, 0.05) is 0 Å². The summed E-state index contributed by atoms with van der Waals surface area (Å²) in [7, 11) is 1.66. The van der Waals surface area contributed by atoms with E-state index in [-0.39, 0.29) is 0 Å². The second-order valence-corrected chi connectivity index (χ2v) is 10.8. The molecule has 4 atom stereocenters. The Balaban J connectivity index is 2.02. The minimum Gasteiger partial charge on any atom is -0.118 e. The maximum Gasteiger partial charge on any atom is -0.0139 e. The first-order valence-corrected chi connectivity index (χ1v) is 8.97. The maximum absolute atomic E-state index is 2.48. The van der Waals surface area contributed by atoms with Crippen LogP contribution < -0.4 is 0 Å². The van der Waals surface area contributed by atoms with Crippen LogP contribution in [-0.4, -0.2) is 28.8 Å². The normalized spacial score (nSPS) is 40.9. The van der Waals surface area contributed by atoms with Crippen LogP contribution in [0.25, 0.3) is 0 Å². The first-order valence-electron chi connectivity index (χ1n) is 6.09. The summed E-state index contributed by atoms with van der Waals surface area (Å²) in [4.78, 5) is 0. The standard InChI is InChI=1S/C12H24P2/c1-12(2,3)14-9-5-7-11(14)10-6-4-8-13-10/h10-11,13H,4-9H2,1-3H3/t10?,11-,14?/m1/s1. The van der Waals surface area contributed by atoms with Crippen molar-refractivity contribution in [3.8, 4) is 0 Å². The third kappa shape index (κ3) is 2.33. The predicted octanol–water partition coefficient (Wildman–Crippen LogP) is 4.27. The average molecular weight is 230 g/mol. The van der Waals surface area contributed by atoms with Gasteiger partial charge in [0.1, 0.15) is 0 Å². The third-order valence-corrected chi connectivity index (χ3v) is 9.80. The zero-order chi connectivity index (χ0) is 10.2. The molecule has 82 valence electrons. The molecule has 0 aromatic carbocycles. The lowest BCUT2D eigenvalue weighted by atomic mass is 10.1. The van der Waals surface area contributed by atoms with Gasteiger partial charge in [-0.3, -0.25) is 0 Å². The van der Waals surface area contributed by atoms with Crippen molar-refractivity contribution in [3.05, 3.63) is 0 Å². The van der Waals surface area contributed by atoms with E-state index >= 15 is 0 Å². The van der Waals surface area contributed by atoms with Gasteiger partial charge in [-0.15, -0.1) is 8.58 Å². The Labute approximate surface area is 92.2 Å². The van der Waals surface area contributed by atoms with Gasteiger partial charge in [0.15, 0.2) is 0 Å². The fourth-order valence-electron chi connectivity index (χ4n) is 3.08. The van der Waals surface area contributed by atoms with Crippen molar-refractivity contribution in [1.82, 2.24) is 0 Å². The Morgan fingerprint density at radius 3 is 2.50 bits per heavy atom. The summed E-state index contributed by atoms with van der Waals surface area (Å²) in [5.74, 6) is 0. The molecular formula is C12H24P2. The lowest BCUT2D eigenvalue weighted by Gasteiger charge is -2.36. The molecule has 0 aliphatic carbocycles. The Hall–Kier alpha value is 0.860. The van der Waals surface area contributed by atoms with Gasteiger partial charge >= 0.3 is 0 Å². The van der Waals surface area contributed by atoms with Gasteiger partial charge in [-0.25, -0.2) is 0 Å². The second-order valence-electron chi connectivity index (χ2n) is 5.78. The van der Waals surface area contributed by atoms with Crippen LogP contribution in [0.1, 0.15) is 46.5 Å². The highest BCUT2D eigenvalue weighted by Crippen LogP contribution is 2.63. The van der Waals surface area contributed by atoms with Crippen molar-refractivity contribution >= 4 is 16.5 Å². The summed E-state index contributed by atoms with van der Waals surface area (Å²) in [5, 5.41) is 0.629. The summed E-state index contributed by atoms with van der Waals surface area (Å²) in [5.41, 5.74) is 2.31. The summed E-state index contributed by atoms with van der Waals surface area (Å²) < 4.78 is 0. The van der Waals surface area contributed by atoms with E-state index in [9.17, 15) is 0 Å². The minimum absolute atomic E-state index is 0.346. The lowest BCUT2D eigenvalue weighted by molar-refractivity contribution is 0.684. The first-order chi connectivity index (χ1) is 6.59. The molecule has 2 fully saturated rings. The van der Waals surface area contributed by atoms with Crippen LogP contribution in [0.2, 0.25) is 0 Å². The Morgan fingerprint density at radius 1 is 1.14 bits per heavy atom. The second kappa shape index (κ2) is 4.39. The van der Waals surface area contributed by atoms with Crippen molar-refractivity contribution in [3.63, 3.8) is 0 Å². The monoisotopic (exact) mass is 230 g/mol. The SMILES string of the molecule is CC(C)(C)P1CCC[C@@H]1C1CCCP1. The molecule has 2 aliphatic rings. The lowest BCUT2D eigenvalue weighted by Crippen LogP contribution is -2.23. The molecule has 2 aliphatic heterocycles. The topological polar surface area (TPSA) is 0 Å². The average Bonchev–Trinajstić information content (AvgIpc) is 2.73. The van der Waals surface area contributed by atoms with Crippen LogP contribution in [0.15, 0.2) is 0 Å². The highest BCUT2D eigenvalue weighted by molar-refractivity contribution is 7.61. The highest BCUT2D eigenvalue weighted by Gasteiger charge is 2.39. The maximum atomic E-state index is 2.48. The fourth-order valence-corrected chi connectivity index (χ4v) is 9.16. The smallest absolute Gasteiger partial charge is 0.0139 e. The molecule has 0 radical (unpaired) electrons. The van der Waals surface area contributed by atoms with E-state index < -0.39 is 0 Å². The molecule has 0 aromatic heterocycles. The fraction of sp³-hybridized carbons (Fsp3) is 1.00. The molecule has 0 saturated carbocycles. The first kappa shape index (κ1) is 11.3. The van der Waals surface area contributed by atoms with E-state index in [1.165, 1.54) is 21.4 Å². The zero-order valence-corrected chi connectivity index (χ0v) is 11.7. The van der Waals surface area contributed by atoms with Gasteiger partial charge < -0.3 is 0 Å². The molecule has 14 heavy (non-hydrogen) atoms. The van der Waals surface area contributed by atoms with Gasteiger partial charge in [-0.1, -0.05) is 28.7 Å². The third-order valence-electron chi connectivity index (χ3n) is 3.72. The predicted molar refractivity (Wildman–Crippen MR) is 70.8 cm³/mol. The van der Waals surface area contributed by atoms with E-state index in [4.69, 9.17) is 0 Å². The molecular weight excluding hydrogens is 206 g/mol. The Morgan fingerprint density at radius 2 is 1.93 bits per heavy atom. The van der Waals surface area contributed by atoms with Crippen molar-refractivity contribution in [2.24, 2.45) is 0 Å². The largest absolute Gasteiger partial charge is 0.118 e. The highest BCUT2D eigenvalue weighted by atomic mass is 31.1. The van der Waals surface area contributed by atoms with Crippen molar-refractivity contribution < 1.29 is 0 Å². The molecule has 0 bridgehead atoms. The molecule has 2 rings (SSSR count). The van der Waals surface area contributed by atoms with Crippen LogP contribution in [0.3, 0.4) is 0 Å². The molecule has 0 spiro atoms. The van der Waals surface area contributed by atoms with Gasteiger partial charge in [0.25, 0.3) is 0 Å². The zero-order valence-electron chi connectivity index (χ0n) is 9.84. The van der Waals surface area contributed by atoms with Crippen molar-refractivity contribution in [1.29, 1.82) is 0 Å². The van der Waals surface area contributed by atoms with Crippen molar-refractivity contribution in [2.45, 2.75) is 62.9 Å². The van der Waals surface area contributed by atoms with Crippen LogP contribution in [0.5, 0.6) is 0 Å². The van der Waals surface area contributed by atoms with Crippen LogP contribution >= 0.6 is 16.5 Å². The molecule has 2 heterocycles. The summed E-state index contributed by atoms with van der Waals surface area (Å²) >= 11 is 0. The van der Waals surface area contributed by atoms with E-state index in [1.54, 1.807) is 25.2 Å². The number of rotatable bonds is 1. The van der Waals surface area contributed by atoms with Gasteiger partial charge in [-0.05, 0) is 54.5 Å². The molecule has 3 unspecified atom stereocenters. The number of hydrogen-bond donors (Lipinski definition) is 0. The van der Waals surface area contributed by atoms with Crippen LogP contribution in [-0.2, 0) is 0 Å². The van der Waals surface area contributed by atoms with E-state index in [1.807, 2.05) is 0 Å². The van der Waals surface area contributed by atoms with Gasteiger partial charge in [-0.2, -0.15) is 0 Å². The molecule has 0 amide bonds. The summed E-state index contributed by atoms with van der Waals surface area (Å²) in [6.45, 7) is 7.44. The van der Waals surface area contributed by atoms with Gasteiger partial charge in [0.2, 0.25) is 0 Å². The molecule has 0 N–H and O–H groups in total. The van der Waals surface area contributed by atoms with Gasteiger partial charge in [0.05, 0.1) is 0 Å². The summed E-state index contributed by atoms with van der Waals surface area (Å²) in [6.07, 6.45) is 9.33. The van der Waals surface area contributed by atoms with Crippen LogP contribution in [0, 0.1) is 0 Å². The van der Waals surface area contributed by atoms with E-state index in [0.29, 0.717) is 13.1 Å². The number of hydrogen-bond acceptors (Lipinski definition) is 0. The molecule has 0 aromatic rings. The quantitative estimate of drug-likeness (QED) is 0.590. The minimum atomic E-state index is 0.346. The molecule has 2 heteroatoms. The Kier molecular flexibility index (Phi) is 3.56. The Bertz CT molecular complexity index is 189. The van der Waals surface area contributed by atoms with E-state index in [0.717, 1.165) is 11.3 Å². The summed E-state index contributed by atoms with van der Waals surface area (Å²) in [6, 6.07) is 0. The van der Waals surface area contributed by atoms with Crippen molar-refractivity contribution in [2.75, 3.05) is 12.3 Å². The van der Waals surface area contributed by atoms with E-state index in [2.05, 4.69) is 20.8 Å².